The minimum atomic E-state index is 0.464. The van der Waals surface area contributed by atoms with Gasteiger partial charge in [-0.2, -0.15) is 0 Å². The first kappa shape index (κ1) is 13.7. The molecule has 1 aliphatic carbocycles. The second-order valence-corrected chi connectivity index (χ2v) is 6.30. The maximum absolute atomic E-state index is 4.40. The lowest BCUT2D eigenvalue weighted by atomic mass is 9.78. The van der Waals surface area contributed by atoms with E-state index in [1.807, 2.05) is 0 Å². The standard InChI is InChI=1S/C16H28N2/c1-11(2)15-9-12(3)10-18(15)13(4)16(17-5)14-7-6-8-14/h12,14-17H,1,4,6-10H2,2-3,5H3/t12-,15?,16?/m1/s1. The average molecular weight is 248 g/mol. The van der Waals surface area contributed by atoms with E-state index in [0.29, 0.717) is 12.1 Å². The number of nitrogens with one attached hydrogen (secondary N) is 1. The van der Waals surface area contributed by atoms with Crippen molar-refractivity contribution in [2.75, 3.05) is 13.6 Å². The number of nitrogens with zero attached hydrogens (tertiary/aromatic N) is 1. The van der Waals surface area contributed by atoms with Crippen LogP contribution < -0.4 is 5.32 Å². The maximum Gasteiger partial charge on any atom is 0.0497 e. The molecule has 1 saturated heterocycles. The molecule has 0 aromatic carbocycles. The van der Waals surface area contributed by atoms with Crippen molar-refractivity contribution in [3.63, 3.8) is 0 Å². The van der Waals surface area contributed by atoms with E-state index in [1.165, 1.54) is 37.0 Å². The van der Waals surface area contributed by atoms with Crippen molar-refractivity contribution in [1.82, 2.24) is 10.2 Å². The highest BCUT2D eigenvalue weighted by Gasteiger charge is 2.36. The molecule has 1 heterocycles. The summed E-state index contributed by atoms with van der Waals surface area (Å²) in [6, 6.07) is 0.967. The van der Waals surface area contributed by atoms with E-state index in [-0.39, 0.29) is 0 Å². The van der Waals surface area contributed by atoms with E-state index in [2.05, 4.69) is 44.3 Å². The molecule has 0 aromatic heterocycles. The third kappa shape index (κ3) is 2.49. The zero-order chi connectivity index (χ0) is 13.3. The lowest BCUT2D eigenvalue weighted by Crippen LogP contribution is -2.45. The van der Waals surface area contributed by atoms with Crippen LogP contribution in [0.15, 0.2) is 24.4 Å². The van der Waals surface area contributed by atoms with Crippen molar-refractivity contribution in [3.8, 4) is 0 Å². The molecule has 1 saturated carbocycles. The summed E-state index contributed by atoms with van der Waals surface area (Å²) in [7, 11) is 2.07. The molecule has 1 aliphatic heterocycles. The number of rotatable bonds is 5. The van der Waals surface area contributed by atoms with Gasteiger partial charge in [-0.3, -0.25) is 0 Å². The molecule has 1 N–H and O–H groups in total. The van der Waals surface area contributed by atoms with Gasteiger partial charge in [-0.05, 0) is 45.1 Å². The van der Waals surface area contributed by atoms with E-state index in [1.54, 1.807) is 0 Å². The normalized spacial score (nSPS) is 30.1. The van der Waals surface area contributed by atoms with Gasteiger partial charge in [0.2, 0.25) is 0 Å². The molecular formula is C16H28N2. The predicted octanol–water partition coefficient (Wildman–Crippen LogP) is 3.17. The molecule has 0 aromatic rings. The van der Waals surface area contributed by atoms with E-state index < -0.39 is 0 Å². The topological polar surface area (TPSA) is 15.3 Å². The van der Waals surface area contributed by atoms with Gasteiger partial charge in [-0.25, -0.2) is 0 Å². The Labute approximate surface area is 112 Å². The molecule has 0 radical (unpaired) electrons. The Balaban J connectivity index is 2.08. The van der Waals surface area contributed by atoms with Gasteiger partial charge in [0, 0.05) is 24.3 Å². The van der Waals surface area contributed by atoms with Gasteiger partial charge >= 0.3 is 0 Å². The number of likely N-dealkylation sites (N-methyl/N-ethyl adjacent to an activating group) is 1. The van der Waals surface area contributed by atoms with Crippen LogP contribution in [0.5, 0.6) is 0 Å². The van der Waals surface area contributed by atoms with Crippen LogP contribution >= 0.6 is 0 Å². The summed E-state index contributed by atoms with van der Waals surface area (Å²) in [5.41, 5.74) is 2.57. The number of likely N-dealkylation sites (tertiary alicyclic amines) is 1. The van der Waals surface area contributed by atoms with E-state index in [0.717, 1.165) is 18.4 Å². The van der Waals surface area contributed by atoms with Crippen LogP contribution in [0.4, 0.5) is 0 Å². The summed E-state index contributed by atoms with van der Waals surface area (Å²) in [4.78, 5) is 2.51. The largest absolute Gasteiger partial charge is 0.367 e. The van der Waals surface area contributed by atoms with Crippen molar-refractivity contribution >= 4 is 0 Å². The van der Waals surface area contributed by atoms with Crippen LogP contribution in [-0.4, -0.2) is 30.6 Å². The Morgan fingerprint density at radius 2 is 2.00 bits per heavy atom. The van der Waals surface area contributed by atoms with Crippen molar-refractivity contribution in [1.29, 1.82) is 0 Å². The van der Waals surface area contributed by atoms with Gasteiger partial charge in [0.05, 0.1) is 0 Å². The van der Waals surface area contributed by atoms with Crippen LogP contribution in [0, 0.1) is 11.8 Å². The molecule has 18 heavy (non-hydrogen) atoms. The van der Waals surface area contributed by atoms with Gasteiger partial charge in [0.25, 0.3) is 0 Å². The minimum Gasteiger partial charge on any atom is -0.367 e. The molecule has 0 amide bonds. The van der Waals surface area contributed by atoms with Crippen LogP contribution in [0.1, 0.15) is 39.5 Å². The summed E-state index contributed by atoms with van der Waals surface area (Å²) < 4.78 is 0. The molecule has 102 valence electrons. The zero-order valence-electron chi connectivity index (χ0n) is 12.2. The Bertz CT molecular complexity index is 330. The average Bonchev–Trinajstić information content (AvgIpc) is 2.64. The van der Waals surface area contributed by atoms with Gasteiger partial charge in [0.15, 0.2) is 0 Å². The second kappa shape index (κ2) is 5.48. The first-order chi connectivity index (χ1) is 8.54. The Morgan fingerprint density at radius 3 is 2.44 bits per heavy atom. The molecule has 3 atom stereocenters. The second-order valence-electron chi connectivity index (χ2n) is 6.30. The highest BCUT2D eigenvalue weighted by atomic mass is 15.2. The van der Waals surface area contributed by atoms with Gasteiger partial charge in [-0.15, -0.1) is 0 Å². The smallest absolute Gasteiger partial charge is 0.0497 e. The molecular weight excluding hydrogens is 220 g/mol. The quantitative estimate of drug-likeness (QED) is 0.752. The highest BCUT2D eigenvalue weighted by molar-refractivity contribution is 5.17. The van der Waals surface area contributed by atoms with E-state index in [4.69, 9.17) is 0 Å². The summed E-state index contributed by atoms with van der Waals surface area (Å²) in [5.74, 6) is 1.55. The molecule has 2 nitrogen and oxygen atoms in total. The fourth-order valence-corrected chi connectivity index (χ4v) is 3.46. The van der Waals surface area contributed by atoms with E-state index >= 15 is 0 Å². The first-order valence-corrected chi connectivity index (χ1v) is 7.32. The molecule has 2 unspecified atom stereocenters. The summed E-state index contributed by atoms with van der Waals surface area (Å²) in [6.07, 6.45) is 5.32. The van der Waals surface area contributed by atoms with Crippen LogP contribution in [-0.2, 0) is 0 Å². The minimum absolute atomic E-state index is 0.464. The number of hydrogen-bond acceptors (Lipinski definition) is 2. The van der Waals surface area contributed by atoms with Crippen molar-refractivity contribution in [2.45, 2.75) is 51.6 Å². The molecule has 0 spiro atoms. The van der Waals surface area contributed by atoms with Crippen LogP contribution in [0.25, 0.3) is 0 Å². The lowest BCUT2D eigenvalue weighted by molar-refractivity contribution is 0.214. The summed E-state index contributed by atoms with van der Waals surface area (Å²) in [6.45, 7) is 14.2. The Hall–Kier alpha value is -0.760. The molecule has 2 heteroatoms. The Morgan fingerprint density at radius 1 is 1.33 bits per heavy atom. The molecule has 2 fully saturated rings. The third-order valence-electron chi connectivity index (χ3n) is 4.74. The van der Waals surface area contributed by atoms with Gasteiger partial charge in [-0.1, -0.05) is 32.1 Å². The summed E-state index contributed by atoms with van der Waals surface area (Å²) in [5, 5.41) is 3.48. The Kier molecular flexibility index (Phi) is 4.16. The van der Waals surface area contributed by atoms with E-state index in [9.17, 15) is 0 Å². The summed E-state index contributed by atoms with van der Waals surface area (Å²) >= 11 is 0. The fourth-order valence-electron chi connectivity index (χ4n) is 3.46. The van der Waals surface area contributed by atoms with Crippen molar-refractivity contribution in [3.05, 3.63) is 24.4 Å². The van der Waals surface area contributed by atoms with Gasteiger partial charge in [0.1, 0.15) is 0 Å². The third-order valence-corrected chi connectivity index (χ3v) is 4.74. The molecule has 0 bridgehead atoms. The van der Waals surface area contributed by atoms with Crippen molar-refractivity contribution in [2.24, 2.45) is 11.8 Å². The fraction of sp³-hybridized carbons (Fsp3) is 0.750. The predicted molar refractivity (Wildman–Crippen MR) is 78.4 cm³/mol. The van der Waals surface area contributed by atoms with Gasteiger partial charge < -0.3 is 10.2 Å². The van der Waals surface area contributed by atoms with Crippen LogP contribution in [0.2, 0.25) is 0 Å². The molecule has 2 rings (SSSR count). The van der Waals surface area contributed by atoms with Crippen LogP contribution in [0.3, 0.4) is 0 Å². The highest BCUT2D eigenvalue weighted by Crippen LogP contribution is 2.37. The zero-order valence-corrected chi connectivity index (χ0v) is 12.2. The molecule has 2 aliphatic rings. The number of hydrogen-bond donors (Lipinski definition) is 1. The lowest BCUT2D eigenvalue weighted by Gasteiger charge is -2.40. The van der Waals surface area contributed by atoms with Crippen molar-refractivity contribution < 1.29 is 0 Å². The SMILES string of the molecule is C=C(C)C1C[C@@H](C)CN1C(=C)C(NC)C1CCC1. The maximum atomic E-state index is 4.40. The monoisotopic (exact) mass is 248 g/mol. The first-order valence-electron chi connectivity index (χ1n) is 7.32.